The van der Waals surface area contributed by atoms with E-state index in [-0.39, 0.29) is 11.9 Å². The van der Waals surface area contributed by atoms with Crippen LogP contribution in [0.5, 0.6) is 0 Å². The second-order valence-electron chi connectivity index (χ2n) is 4.20. The molecule has 1 aromatic rings. The van der Waals surface area contributed by atoms with Crippen molar-refractivity contribution in [1.82, 2.24) is 5.32 Å². The summed E-state index contributed by atoms with van der Waals surface area (Å²) in [6, 6.07) is 5.17. The molecule has 3 heteroatoms. The van der Waals surface area contributed by atoms with Gasteiger partial charge in [-0.1, -0.05) is 42.3 Å². The highest BCUT2D eigenvalue weighted by Crippen LogP contribution is 2.31. The molecule has 0 aliphatic heterocycles. The molecule has 1 rings (SSSR count). The van der Waals surface area contributed by atoms with E-state index in [1.165, 1.54) is 12.1 Å². The monoisotopic (exact) mass is 287 g/mol. The van der Waals surface area contributed by atoms with E-state index in [1.807, 2.05) is 13.1 Å². The Labute approximate surface area is 106 Å². The molecule has 2 atom stereocenters. The van der Waals surface area contributed by atoms with Gasteiger partial charge in [-0.2, -0.15) is 0 Å². The molecule has 0 aliphatic carbocycles. The molecule has 0 saturated heterocycles. The van der Waals surface area contributed by atoms with Crippen LogP contribution in [0.3, 0.4) is 0 Å². The van der Waals surface area contributed by atoms with Crippen LogP contribution in [0.15, 0.2) is 22.7 Å². The molecule has 0 bridgehead atoms. The molecule has 0 saturated carbocycles. The normalized spacial score (nSPS) is 14.8. The summed E-state index contributed by atoms with van der Waals surface area (Å²) in [4.78, 5) is 0. The van der Waals surface area contributed by atoms with Crippen LogP contribution in [-0.4, -0.2) is 7.05 Å². The minimum absolute atomic E-state index is 0.200. The van der Waals surface area contributed by atoms with Crippen LogP contribution in [-0.2, 0) is 0 Å². The third-order valence-electron chi connectivity index (χ3n) is 2.92. The third kappa shape index (κ3) is 3.29. The summed E-state index contributed by atoms with van der Waals surface area (Å²) in [5, 5.41) is 3.31. The van der Waals surface area contributed by atoms with E-state index in [0.29, 0.717) is 5.92 Å². The predicted molar refractivity (Wildman–Crippen MR) is 70.0 cm³/mol. The molecule has 0 spiro atoms. The first-order chi connectivity index (χ1) is 7.60. The first-order valence-corrected chi connectivity index (χ1v) is 6.51. The Hall–Kier alpha value is -0.410. The van der Waals surface area contributed by atoms with Crippen LogP contribution in [0.2, 0.25) is 0 Å². The average Bonchev–Trinajstić information content (AvgIpc) is 2.22. The summed E-state index contributed by atoms with van der Waals surface area (Å²) in [5.74, 6) is 0.338. The van der Waals surface area contributed by atoms with Crippen LogP contribution in [0.4, 0.5) is 4.39 Å². The zero-order chi connectivity index (χ0) is 12.1. The van der Waals surface area contributed by atoms with Crippen LogP contribution < -0.4 is 5.32 Å². The number of hydrogen-bond acceptors (Lipinski definition) is 1. The Morgan fingerprint density at radius 2 is 2.12 bits per heavy atom. The molecule has 2 unspecified atom stereocenters. The van der Waals surface area contributed by atoms with Crippen molar-refractivity contribution < 1.29 is 4.39 Å². The van der Waals surface area contributed by atoms with Gasteiger partial charge in [0.1, 0.15) is 5.82 Å². The lowest BCUT2D eigenvalue weighted by Gasteiger charge is -2.24. The lowest BCUT2D eigenvalue weighted by Crippen LogP contribution is -2.23. The highest BCUT2D eigenvalue weighted by Gasteiger charge is 2.19. The topological polar surface area (TPSA) is 12.0 Å². The van der Waals surface area contributed by atoms with Gasteiger partial charge in [-0.3, -0.25) is 0 Å². The van der Waals surface area contributed by atoms with Gasteiger partial charge in [-0.15, -0.1) is 0 Å². The molecule has 0 aliphatic rings. The number of halogens is 2. The van der Waals surface area contributed by atoms with Crippen molar-refractivity contribution >= 4 is 15.9 Å². The van der Waals surface area contributed by atoms with E-state index >= 15 is 0 Å². The quantitative estimate of drug-likeness (QED) is 0.852. The minimum atomic E-state index is -0.200. The van der Waals surface area contributed by atoms with E-state index in [2.05, 4.69) is 35.1 Å². The maximum absolute atomic E-state index is 13.0. The second kappa shape index (κ2) is 6.36. The highest BCUT2D eigenvalue weighted by atomic mass is 79.9. The first kappa shape index (κ1) is 13.7. The SMILES string of the molecule is CCCC(C)C(NC)c1ccc(F)cc1Br. The average molecular weight is 288 g/mol. The molecule has 0 radical (unpaired) electrons. The number of hydrogen-bond donors (Lipinski definition) is 1. The van der Waals surface area contributed by atoms with E-state index in [1.54, 1.807) is 0 Å². The minimum Gasteiger partial charge on any atom is -0.313 e. The zero-order valence-electron chi connectivity index (χ0n) is 10.1. The third-order valence-corrected chi connectivity index (χ3v) is 3.61. The van der Waals surface area contributed by atoms with Gasteiger partial charge < -0.3 is 5.32 Å². The van der Waals surface area contributed by atoms with E-state index in [9.17, 15) is 4.39 Å². The van der Waals surface area contributed by atoms with Crippen molar-refractivity contribution in [2.24, 2.45) is 5.92 Å². The molecule has 1 aromatic carbocycles. The van der Waals surface area contributed by atoms with Gasteiger partial charge in [0.15, 0.2) is 0 Å². The van der Waals surface area contributed by atoms with Crippen molar-refractivity contribution in [3.63, 3.8) is 0 Å². The smallest absolute Gasteiger partial charge is 0.124 e. The van der Waals surface area contributed by atoms with Crippen LogP contribution >= 0.6 is 15.9 Å². The molecule has 0 amide bonds. The van der Waals surface area contributed by atoms with Gasteiger partial charge in [0.25, 0.3) is 0 Å². The van der Waals surface area contributed by atoms with E-state index in [0.717, 1.165) is 22.9 Å². The van der Waals surface area contributed by atoms with Crippen LogP contribution in [0, 0.1) is 11.7 Å². The first-order valence-electron chi connectivity index (χ1n) is 5.72. The number of rotatable bonds is 5. The van der Waals surface area contributed by atoms with Gasteiger partial charge in [-0.05, 0) is 37.1 Å². The largest absolute Gasteiger partial charge is 0.313 e. The lowest BCUT2D eigenvalue weighted by molar-refractivity contribution is 0.382. The number of benzene rings is 1. The van der Waals surface area contributed by atoms with Gasteiger partial charge in [0.05, 0.1) is 0 Å². The maximum Gasteiger partial charge on any atom is 0.124 e. The molecular formula is C13H19BrFN. The second-order valence-corrected chi connectivity index (χ2v) is 5.05. The van der Waals surface area contributed by atoms with Crippen molar-refractivity contribution in [1.29, 1.82) is 0 Å². The summed E-state index contributed by atoms with van der Waals surface area (Å²) in [6.45, 7) is 4.41. The molecule has 16 heavy (non-hydrogen) atoms. The molecular weight excluding hydrogens is 269 g/mol. The van der Waals surface area contributed by atoms with Crippen molar-refractivity contribution in [2.45, 2.75) is 32.7 Å². The van der Waals surface area contributed by atoms with Gasteiger partial charge >= 0.3 is 0 Å². The summed E-state index contributed by atoms with van der Waals surface area (Å²) in [7, 11) is 1.95. The van der Waals surface area contributed by atoms with Crippen molar-refractivity contribution in [2.75, 3.05) is 7.05 Å². The van der Waals surface area contributed by atoms with Crippen molar-refractivity contribution in [3.8, 4) is 0 Å². The molecule has 0 aromatic heterocycles. The molecule has 0 fully saturated rings. The summed E-state index contributed by atoms with van der Waals surface area (Å²) in [6.07, 6.45) is 2.33. The molecule has 90 valence electrons. The van der Waals surface area contributed by atoms with Crippen LogP contribution in [0.25, 0.3) is 0 Å². The van der Waals surface area contributed by atoms with Gasteiger partial charge in [-0.25, -0.2) is 4.39 Å². The maximum atomic E-state index is 13.0. The highest BCUT2D eigenvalue weighted by molar-refractivity contribution is 9.10. The molecule has 1 nitrogen and oxygen atoms in total. The Bertz CT molecular complexity index is 341. The van der Waals surface area contributed by atoms with Crippen molar-refractivity contribution in [3.05, 3.63) is 34.1 Å². The summed E-state index contributed by atoms with van der Waals surface area (Å²) in [5.41, 5.74) is 1.13. The van der Waals surface area contributed by atoms with Gasteiger partial charge in [0, 0.05) is 10.5 Å². The fourth-order valence-electron chi connectivity index (χ4n) is 2.12. The zero-order valence-corrected chi connectivity index (χ0v) is 11.6. The fraction of sp³-hybridized carbons (Fsp3) is 0.538. The van der Waals surface area contributed by atoms with Gasteiger partial charge in [0.2, 0.25) is 0 Å². The fourth-order valence-corrected chi connectivity index (χ4v) is 2.72. The Balaban J connectivity index is 2.94. The number of nitrogens with one attached hydrogen (secondary N) is 1. The Morgan fingerprint density at radius 3 is 2.62 bits per heavy atom. The Kier molecular flexibility index (Phi) is 5.42. The Morgan fingerprint density at radius 1 is 1.44 bits per heavy atom. The summed E-state index contributed by atoms with van der Waals surface area (Å²) < 4.78 is 13.9. The molecule has 1 N–H and O–H groups in total. The van der Waals surface area contributed by atoms with Crippen LogP contribution in [0.1, 0.15) is 38.3 Å². The predicted octanol–water partition coefficient (Wildman–Crippen LogP) is 4.28. The molecule has 0 heterocycles. The van der Waals surface area contributed by atoms with E-state index in [4.69, 9.17) is 0 Å². The van der Waals surface area contributed by atoms with E-state index < -0.39 is 0 Å². The lowest BCUT2D eigenvalue weighted by atomic mass is 9.91. The standard InChI is InChI=1S/C13H19BrFN/c1-4-5-9(2)13(16-3)11-7-6-10(15)8-12(11)14/h6-9,13,16H,4-5H2,1-3H3. The summed E-state index contributed by atoms with van der Waals surface area (Å²) >= 11 is 3.43.